The van der Waals surface area contributed by atoms with Gasteiger partial charge >= 0.3 is 0 Å². The highest BCUT2D eigenvalue weighted by molar-refractivity contribution is 5.32. The molecule has 1 fully saturated rings. The standard InChI is InChI=1S/C18H21N2O3/c1-2-7-19-16(4-1)15-23-18-6-3-5-17(14-18)22-13-10-20-8-11-21-12-9-20/h1-4,6-7,14H,8-13,15H2. The number of rotatable bonds is 7. The average Bonchev–Trinajstić information content (AvgIpc) is 2.62. The van der Waals surface area contributed by atoms with Crippen LogP contribution in [0.1, 0.15) is 5.69 Å². The van der Waals surface area contributed by atoms with Crippen molar-refractivity contribution in [2.45, 2.75) is 6.61 Å². The number of pyridine rings is 1. The third-order valence-corrected chi connectivity index (χ3v) is 3.63. The minimum absolute atomic E-state index is 0.443. The molecule has 1 saturated heterocycles. The predicted molar refractivity (Wildman–Crippen MR) is 86.6 cm³/mol. The van der Waals surface area contributed by atoms with E-state index in [1.54, 1.807) is 6.20 Å². The Morgan fingerprint density at radius 1 is 1.17 bits per heavy atom. The molecule has 23 heavy (non-hydrogen) atoms. The zero-order valence-corrected chi connectivity index (χ0v) is 13.1. The van der Waals surface area contributed by atoms with E-state index in [0.29, 0.717) is 19.0 Å². The Balaban J connectivity index is 1.45. The van der Waals surface area contributed by atoms with Gasteiger partial charge in [-0.1, -0.05) is 6.07 Å². The summed E-state index contributed by atoms with van der Waals surface area (Å²) < 4.78 is 16.8. The maximum absolute atomic E-state index is 5.77. The molecule has 0 aliphatic carbocycles. The monoisotopic (exact) mass is 313 g/mol. The molecule has 0 unspecified atom stereocenters. The van der Waals surface area contributed by atoms with Crippen LogP contribution in [0, 0.1) is 6.07 Å². The summed E-state index contributed by atoms with van der Waals surface area (Å²) in [6.45, 7) is 5.54. The number of hydrogen-bond acceptors (Lipinski definition) is 5. The first kappa shape index (κ1) is 15.8. The highest BCUT2D eigenvalue weighted by atomic mass is 16.5. The van der Waals surface area contributed by atoms with Crippen LogP contribution in [0.3, 0.4) is 0 Å². The summed E-state index contributed by atoms with van der Waals surface area (Å²) in [6, 6.07) is 14.4. The molecular formula is C18H21N2O3. The highest BCUT2D eigenvalue weighted by Gasteiger charge is 2.09. The Hall–Kier alpha value is -2.11. The molecule has 1 aliphatic rings. The molecule has 0 saturated carbocycles. The van der Waals surface area contributed by atoms with E-state index in [1.807, 2.05) is 36.4 Å². The minimum Gasteiger partial charge on any atom is -0.491 e. The van der Waals surface area contributed by atoms with Crippen LogP contribution in [0.4, 0.5) is 0 Å². The summed E-state index contributed by atoms with van der Waals surface area (Å²) in [5.41, 5.74) is 0.898. The second kappa shape index (κ2) is 8.50. The largest absolute Gasteiger partial charge is 0.491 e. The van der Waals surface area contributed by atoms with E-state index >= 15 is 0 Å². The van der Waals surface area contributed by atoms with E-state index in [4.69, 9.17) is 14.2 Å². The van der Waals surface area contributed by atoms with Gasteiger partial charge in [0.15, 0.2) is 0 Å². The molecule has 2 aromatic rings. The van der Waals surface area contributed by atoms with Gasteiger partial charge in [0.1, 0.15) is 24.7 Å². The van der Waals surface area contributed by atoms with Gasteiger partial charge in [-0.15, -0.1) is 0 Å². The third kappa shape index (κ3) is 5.23. The molecule has 1 aromatic carbocycles. The van der Waals surface area contributed by atoms with Gasteiger partial charge in [-0.05, 0) is 24.3 Å². The van der Waals surface area contributed by atoms with Crippen LogP contribution < -0.4 is 9.47 Å². The van der Waals surface area contributed by atoms with Crippen LogP contribution in [-0.4, -0.2) is 49.3 Å². The molecule has 0 bridgehead atoms. The first-order valence-corrected chi connectivity index (χ1v) is 7.87. The summed E-state index contributed by atoms with van der Waals surface area (Å²) >= 11 is 0. The van der Waals surface area contributed by atoms with Gasteiger partial charge in [-0.3, -0.25) is 9.88 Å². The zero-order chi connectivity index (χ0) is 15.7. The van der Waals surface area contributed by atoms with Crippen LogP contribution in [0.5, 0.6) is 11.5 Å². The fraction of sp³-hybridized carbons (Fsp3) is 0.389. The van der Waals surface area contributed by atoms with Crippen molar-refractivity contribution in [1.82, 2.24) is 9.88 Å². The molecule has 0 amide bonds. The van der Waals surface area contributed by atoms with Gasteiger partial charge in [0.2, 0.25) is 0 Å². The topological polar surface area (TPSA) is 43.8 Å². The summed E-state index contributed by atoms with van der Waals surface area (Å²) in [5.74, 6) is 1.47. The Labute approximate surface area is 136 Å². The molecule has 1 radical (unpaired) electrons. The smallest absolute Gasteiger partial charge is 0.131 e. The van der Waals surface area contributed by atoms with Crippen molar-refractivity contribution in [3.8, 4) is 11.5 Å². The van der Waals surface area contributed by atoms with Crippen molar-refractivity contribution >= 4 is 0 Å². The van der Waals surface area contributed by atoms with E-state index < -0.39 is 0 Å². The Kier molecular flexibility index (Phi) is 5.83. The normalized spacial score (nSPS) is 15.3. The molecule has 3 rings (SSSR count). The second-order valence-electron chi connectivity index (χ2n) is 5.30. The third-order valence-electron chi connectivity index (χ3n) is 3.63. The molecule has 0 atom stereocenters. The van der Waals surface area contributed by atoms with Crippen LogP contribution >= 0.6 is 0 Å². The van der Waals surface area contributed by atoms with Crippen molar-refractivity contribution < 1.29 is 14.2 Å². The van der Waals surface area contributed by atoms with Crippen LogP contribution in [-0.2, 0) is 11.3 Å². The van der Waals surface area contributed by atoms with Gasteiger partial charge in [0, 0.05) is 38.0 Å². The van der Waals surface area contributed by atoms with Gasteiger partial charge in [-0.25, -0.2) is 0 Å². The van der Waals surface area contributed by atoms with Crippen LogP contribution in [0.25, 0.3) is 0 Å². The lowest BCUT2D eigenvalue weighted by Crippen LogP contribution is -2.38. The Morgan fingerprint density at radius 3 is 2.91 bits per heavy atom. The van der Waals surface area contributed by atoms with E-state index in [0.717, 1.165) is 44.3 Å². The van der Waals surface area contributed by atoms with Gasteiger partial charge < -0.3 is 14.2 Å². The molecule has 5 nitrogen and oxygen atoms in total. The quantitative estimate of drug-likeness (QED) is 0.784. The molecule has 1 aromatic heterocycles. The number of hydrogen-bond donors (Lipinski definition) is 0. The Bertz CT molecular complexity index is 586. The van der Waals surface area contributed by atoms with Gasteiger partial charge in [-0.2, -0.15) is 0 Å². The zero-order valence-electron chi connectivity index (χ0n) is 13.1. The molecule has 0 spiro atoms. The van der Waals surface area contributed by atoms with Crippen LogP contribution in [0.2, 0.25) is 0 Å². The van der Waals surface area contributed by atoms with Crippen LogP contribution in [0.15, 0.2) is 42.6 Å². The molecule has 2 heterocycles. The van der Waals surface area contributed by atoms with Crippen molar-refractivity contribution in [3.63, 3.8) is 0 Å². The summed E-state index contributed by atoms with van der Waals surface area (Å²) in [4.78, 5) is 6.58. The van der Waals surface area contributed by atoms with Crippen molar-refractivity contribution in [2.75, 3.05) is 39.5 Å². The summed E-state index contributed by atoms with van der Waals surface area (Å²) in [7, 11) is 0. The first-order valence-electron chi connectivity index (χ1n) is 7.87. The second-order valence-corrected chi connectivity index (χ2v) is 5.30. The number of nitrogens with zero attached hydrogens (tertiary/aromatic N) is 2. The fourth-order valence-electron chi connectivity index (χ4n) is 2.35. The van der Waals surface area contributed by atoms with Crippen molar-refractivity contribution in [1.29, 1.82) is 0 Å². The van der Waals surface area contributed by atoms with Gasteiger partial charge in [0.25, 0.3) is 0 Å². The lowest BCUT2D eigenvalue weighted by Gasteiger charge is -2.26. The predicted octanol–water partition coefficient (Wildman–Crippen LogP) is 2.17. The van der Waals surface area contributed by atoms with E-state index in [-0.39, 0.29) is 0 Å². The number of morpholine rings is 1. The maximum Gasteiger partial charge on any atom is 0.131 e. The number of benzene rings is 1. The number of aromatic nitrogens is 1. The SMILES string of the molecule is [c]1ccc(OCc2ccccn2)cc1OCCN1CCOCC1. The van der Waals surface area contributed by atoms with E-state index in [9.17, 15) is 0 Å². The average molecular weight is 313 g/mol. The highest BCUT2D eigenvalue weighted by Crippen LogP contribution is 2.19. The van der Waals surface area contributed by atoms with E-state index in [2.05, 4.69) is 16.0 Å². The maximum atomic E-state index is 5.77. The summed E-state index contributed by atoms with van der Waals surface area (Å²) in [5, 5.41) is 0. The summed E-state index contributed by atoms with van der Waals surface area (Å²) in [6.07, 6.45) is 1.76. The molecule has 121 valence electrons. The Morgan fingerprint density at radius 2 is 2.09 bits per heavy atom. The van der Waals surface area contributed by atoms with Gasteiger partial charge in [0.05, 0.1) is 18.9 Å². The van der Waals surface area contributed by atoms with Crippen molar-refractivity contribution in [3.05, 3.63) is 54.4 Å². The van der Waals surface area contributed by atoms with Crippen molar-refractivity contribution in [2.24, 2.45) is 0 Å². The first-order chi connectivity index (χ1) is 11.4. The molecular weight excluding hydrogens is 292 g/mol. The lowest BCUT2D eigenvalue weighted by atomic mass is 10.3. The molecule has 5 heteroatoms. The van der Waals surface area contributed by atoms with E-state index in [1.165, 1.54) is 0 Å². The minimum atomic E-state index is 0.443. The molecule has 1 aliphatic heterocycles. The molecule has 0 N–H and O–H groups in total. The number of ether oxygens (including phenoxy) is 3. The lowest BCUT2D eigenvalue weighted by molar-refractivity contribution is 0.0322. The fourth-order valence-corrected chi connectivity index (χ4v) is 2.35.